The van der Waals surface area contributed by atoms with Crippen LogP contribution in [0.1, 0.15) is 51.3 Å². The van der Waals surface area contributed by atoms with E-state index < -0.39 is 0 Å². The minimum absolute atomic E-state index is 0.0275. The molecule has 2 fully saturated rings. The molecule has 0 radical (unpaired) electrons. The van der Waals surface area contributed by atoms with E-state index in [9.17, 15) is 4.79 Å². The minimum atomic E-state index is -0.0275. The van der Waals surface area contributed by atoms with Crippen molar-refractivity contribution in [2.24, 2.45) is 11.8 Å². The number of hydrogen-bond donors (Lipinski definition) is 1. The summed E-state index contributed by atoms with van der Waals surface area (Å²) in [5.74, 6) is 1.39. The Balaban J connectivity index is 1.82. The summed E-state index contributed by atoms with van der Waals surface area (Å²) in [6, 6.07) is 10.4. The van der Waals surface area contributed by atoms with E-state index >= 15 is 0 Å². The fourth-order valence-electron chi connectivity index (χ4n) is 3.34. The number of nitrogens with one attached hydrogen (secondary N) is 1. The average Bonchev–Trinajstić information content (AvgIpc) is 2.80. The van der Waals surface area contributed by atoms with E-state index in [4.69, 9.17) is 0 Å². The number of carbonyl (C=O) groups is 1. The van der Waals surface area contributed by atoms with E-state index in [-0.39, 0.29) is 12.2 Å². The Kier molecular flexibility index (Phi) is 4.29. The molecule has 114 valence electrons. The molecule has 1 aliphatic heterocycles. The molecule has 0 spiro atoms. The fourth-order valence-corrected chi connectivity index (χ4v) is 3.34. The second kappa shape index (κ2) is 6.18. The smallest absolute Gasteiger partial charge is 0.241 e. The number of nitrogens with zero attached hydrogens (tertiary/aromatic N) is 1. The molecule has 1 N–H and O–H groups in total. The summed E-state index contributed by atoms with van der Waals surface area (Å²) in [6.45, 7) is 5.24. The zero-order valence-corrected chi connectivity index (χ0v) is 13.1. The van der Waals surface area contributed by atoms with Crippen LogP contribution in [0.3, 0.4) is 0 Å². The van der Waals surface area contributed by atoms with Crippen LogP contribution in [-0.2, 0) is 4.79 Å². The second-order valence-corrected chi connectivity index (χ2v) is 6.63. The maximum absolute atomic E-state index is 12.8. The van der Waals surface area contributed by atoms with Gasteiger partial charge in [0.1, 0.15) is 6.17 Å². The van der Waals surface area contributed by atoms with Gasteiger partial charge in [0.15, 0.2) is 0 Å². The van der Waals surface area contributed by atoms with Gasteiger partial charge in [-0.2, -0.15) is 0 Å². The van der Waals surface area contributed by atoms with Crippen molar-refractivity contribution in [3.05, 3.63) is 35.9 Å². The molecule has 1 aliphatic carbocycles. The zero-order valence-electron chi connectivity index (χ0n) is 13.1. The van der Waals surface area contributed by atoms with E-state index in [1.54, 1.807) is 0 Å². The molecule has 3 nitrogen and oxygen atoms in total. The van der Waals surface area contributed by atoms with Crippen LogP contribution in [0.15, 0.2) is 30.3 Å². The Bertz CT molecular complexity index is 483. The molecule has 0 aromatic heterocycles. The van der Waals surface area contributed by atoms with Crippen LogP contribution in [-0.4, -0.2) is 23.4 Å². The van der Waals surface area contributed by atoms with Crippen molar-refractivity contribution in [2.45, 2.75) is 51.7 Å². The summed E-state index contributed by atoms with van der Waals surface area (Å²) < 4.78 is 0. The van der Waals surface area contributed by atoms with Crippen LogP contribution in [0, 0.1) is 11.8 Å². The van der Waals surface area contributed by atoms with Gasteiger partial charge in [0.05, 0.1) is 6.04 Å². The molecule has 3 heteroatoms. The highest BCUT2D eigenvalue weighted by atomic mass is 16.2. The number of benzene rings is 1. The van der Waals surface area contributed by atoms with Crippen LogP contribution in [0.5, 0.6) is 0 Å². The first-order chi connectivity index (χ1) is 10.2. The predicted molar refractivity (Wildman–Crippen MR) is 84.6 cm³/mol. The molecule has 1 amide bonds. The minimum Gasteiger partial charge on any atom is -0.321 e. The Morgan fingerprint density at radius 1 is 1.29 bits per heavy atom. The lowest BCUT2D eigenvalue weighted by Crippen LogP contribution is -2.38. The standard InChI is InChI=1S/C18H26N2O/c1-3-13(2)16-18(21)20(12-14-8-7-9-14)17(19-16)15-10-5-4-6-11-15/h4-6,10-11,13-14,16-17,19H,3,7-9,12H2,1-2H3. The molecule has 1 saturated heterocycles. The number of rotatable bonds is 5. The number of amides is 1. The molecule has 3 atom stereocenters. The Morgan fingerprint density at radius 3 is 2.57 bits per heavy atom. The normalized spacial score (nSPS) is 27.7. The van der Waals surface area contributed by atoms with Gasteiger partial charge in [-0.05, 0) is 30.2 Å². The van der Waals surface area contributed by atoms with Gasteiger partial charge in [0.25, 0.3) is 0 Å². The van der Waals surface area contributed by atoms with Crippen LogP contribution in [0.25, 0.3) is 0 Å². The lowest BCUT2D eigenvalue weighted by atomic mass is 9.85. The maximum atomic E-state index is 12.8. The average molecular weight is 286 g/mol. The summed E-state index contributed by atoms with van der Waals surface area (Å²) >= 11 is 0. The molecule has 3 unspecified atom stereocenters. The molecule has 21 heavy (non-hydrogen) atoms. The first kappa shape index (κ1) is 14.6. The summed E-state index contributed by atoms with van der Waals surface area (Å²) in [4.78, 5) is 14.9. The maximum Gasteiger partial charge on any atom is 0.241 e. The quantitative estimate of drug-likeness (QED) is 0.900. The van der Waals surface area contributed by atoms with E-state index in [1.165, 1.54) is 24.8 Å². The monoisotopic (exact) mass is 286 g/mol. The highest BCUT2D eigenvalue weighted by Gasteiger charge is 2.42. The molecule has 2 aliphatic rings. The zero-order chi connectivity index (χ0) is 14.8. The summed E-state index contributed by atoms with van der Waals surface area (Å²) in [6.07, 6.45) is 4.96. The second-order valence-electron chi connectivity index (χ2n) is 6.63. The molecule has 0 bridgehead atoms. The highest BCUT2D eigenvalue weighted by Crippen LogP contribution is 2.34. The van der Waals surface area contributed by atoms with Gasteiger partial charge in [0.2, 0.25) is 5.91 Å². The van der Waals surface area contributed by atoms with Gasteiger partial charge in [-0.1, -0.05) is 57.0 Å². The fraction of sp³-hybridized carbons (Fsp3) is 0.611. The van der Waals surface area contributed by atoms with Gasteiger partial charge in [-0.3, -0.25) is 10.1 Å². The van der Waals surface area contributed by atoms with E-state index in [0.29, 0.717) is 17.7 Å². The third-order valence-electron chi connectivity index (χ3n) is 5.21. The molecular formula is C18H26N2O. The third kappa shape index (κ3) is 2.84. The first-order valence-electron chi connectivity index (χ1n) is 8.32. The van der Waals surface area contributed by atoms with Crippen molar-refractivity contribution in [3.8, 4) is 0 Å². The topological polar surface area (TPSA) is 32.3 Å². The lowest BCUT2D eigenvalue weighted by molar-refractivity contribution is -0.132. The Hall–Kier alpha value is -1.35. The van der Waals surface area contributed by atoms with Crippen molar-refractivity contribution < 1.29 is 4.79 Å². The van der Waals surface area contributed by atoms with Gasteiger partial charge < -0.3 is 4.90 Å². The largest absolute Gasteiger partial charge is 0.321 e. The van der Waals surface area contributed by atoms with Gasteiger partial charge >= 0.3 is 0 Å². The molecular weight excluding hydrogens is 260 g/mol. The molecule has 1 saturated carbocycles. The van der Waals surface area contributed by atoms with Crippen molar-refractivity contribution in [1.29, 1.82) is 0 Å². The third-order valence-corrected chi connectivity index (χ3v) is 5.21. The van der Waals surface area contributed by atoms with Crippen LogP contribution < -0.4 is 5.32 Å². The molecule has 1 aromatic rings. The van der Waals surface area contributed by atoms with Crippen LogP contribution >= 0.6 is 0 Å². The highest BCUT2D eigenvalue weighted by molar-refractivity contribution is 5.85. The van der Waals surface area contributed by atoms with Crippen molar-refractivity contribution in [3.63, 3.8) is 0 Å². The van der Waals surface area contributed by atoms with E-state index in [0.717, 1.165) is 13.0 Å². The van der Waals surface area contributed by atoms with Crippen LogP contribution in [0.2, 0.25) is 0 Å². The molecule has 3 rings (SSSR count). The predicted octanol–water partition coefficient (Wildman–Crippen LogP) is 3.33. The number of hydrogen-bond acceptors (Lipinski definition) is 2. The Labute approximate surface area is 127 Å². The summed E-state index contributed by atoms with van der Waals surface area (Å²) in [7, 11) is 0. The molecule has 1 aromatic carbocycles. The van der Waals surface area contributed by atoms with Gasteiger partial charge in [-0.25, -0.2) is 0 Å². The van der Waals surface area contributed by atoms with Gasteiger partial charge in [0, 0.05) is 6.54 Å². The number of carbonyl (C=O) groups excluding carboxylic acids is 1. The van der Waals surface area contributed by atoms with E-state index in [2.05, 4.69) is 48.3 Å². The summed E-state index contributed by atoms with van der Waals surface area (Å²) in [5.41, 5.74) is 1.20. The Morgan fingerprint density at radius 2 is 2.00 bits per heavy atom. The SMILES string of the molecule is CCC(C)C1NC(c2ccccc2)N(CC2CCC2)C1=O. The first-order valence-corrected chi connectivity index (χ1v) is 8.32. The van der Waals surface area contributed by atoms with E-state index in [1.807, 2.05) is 6.07 Å². The van der Waals surface area contributed by atoms with Crippen molar-refractivity contribution >= 4 is 5.91 Å². The van der Waals surface area contributed by atoms with Crippen LogP contribution in [0.4, 0.5) is 0 Å². The lowest BCUT2D eigenvalue weighted by Gasteiger charge is -2.33. The molecule has 1 heterocycles. The van der Waals surface area contributed by atoms with Gasteiger partial charge in [-0.15, -0.1) is 0 Å². The van der Waals surface area contributed by atoms with Crippen molar-refractivity contribution in [2.75, 3.05) is 6.54 Å². The summed E-state index contributed by atoms with van der Waals surface area (Å²) in [5, 5.41) is 3.59. The van der Waals surface area contributed by atoms with Crippen molar-refractivity contribution in [1.82, 2.24) is 10.2 Å².